The van der Waals surface area contributed by atoms with Gasteiger partial charge < -0.3 is 0 Å². The van der Waals surface area contributed by atoms with Gasteiger partial charge in [0.15, 0.2) is 0 Å². The highest BCUT2D eigenvalue weighted by Crippen LogP contribution is 2.23. The summed E-state index contributed by atoms with van der Waals surface area (Å²) in [6.45, 7) is 0.837. The van der Waals surface area contributed by atoms with Gasteiger partial charge in [0.1, 0.15) is 0 Å². The van der Waals surface area contributed by atoms with Crippen LogP contribution in [-0.4, -0.2) is 9.78 Å². The summed E-state index contributed by atoms with van der Waals surface area (Å²) in [5.74, 6) is 0. The number of para-hydroxylation sites is 1. The molecule has 0 aliphatic heterocycles. The first kappa shape index (κ1) is 10.1. The first-order valence-corrected chi connectivity index (χ1v) is 6.59. The predicted octanol–water partition coefficient (Wildman–Crippen LogP) is 3.91. The van der Waals surface area contributed by atoms with Gasteiger partial charge in [-0.1, -0.05) is 18.2 Å². The van der Waals surface area contributed by atoms with Crippen LogP contribution in [0.5, 0.6) is 0 Å². The van der Waals surface area contributed by atoms with E-state index in [2.05, 4.69) is 45.3 Å². The molecular formula is C12H9BrN2S. The molecular weight excluding hydrogens is 284 g/mol. The molecule has 0 unspecified atom stereocenters. The number of hydrogen-bond acceptors (Lipinski definition) is 2. The van der Waals surface area contributed by atoms with Crippen molar-refractivity contribution in [1.82, 2.24) is 9.78 Å². The van der Waals surface area contributed by atoms with Crippen molar-refractivity contribution in [2.45, 2.75) is 6.54 Å². The Balaban J connectivity index is 2.00. The lowest BCUT2D eigenvalue weighted by atomic mass is 10.2. The number of aromatic nitrogens is 2. The summed E-state index contributed by atoms with van der Waals surface area (Å²) in [6, 6.07) is 12.5. The number of thiophene rings is 1. The first-order valence-electron chi connectivity index (χ1n) is 4.98. The van der Waals surface area contributed by atoms with Crippen LogP contribution >= 0.6 is 27.3 Å². The average molecular weight is 293 g/mol. The van der Waals surface area contributed by atoms with Crippen molar-refractivity contribution in [3.05, 3.63) is 51.3 Å². The smallest absolute Gasteiger partial charge is 0.0759 e. The summed E-state index contributed by atoms with van der Waals surface area (Å²) in [4.78, 5) is 1.31. The van der Waals surface area contributed by atoms with E-state index in [1.54, 1.807) is 11.3 Å². The largest absolute Gasteiger partial charge is 0.260 e. The van der Waals surface area contributed by atoms with Crippen LogP contribution in [0.15, 0.2) is 46.4 Å². The molecule has 0 fully saturated rings. The molecule has 80 valence electrons. The lowest BCUT2D eigenvalue weighted by molar-refractivity contribution is 0.721. The molecule has 0 atom stereocenters. The molecule has 2 nitrogen and oxygen atoms in total. The normalized spacial score (nSPS) is 11.1. The number of halogens is 1. The predicted molar refractivity (Wildman–Crippen MR) is 70.9 cm³/mol. The lowest BCUT2D eigenvalue weighted by Crippen LogP contribution is -1.98. The maximum atomic E-state index is 4.41. The van der Waals surface area contributed by atoms with Crippen LogP contribution in [0.3, 0.4) is 0 Å². The third-order valence-corrected chi connectivity index (χ3v) is 4.09. The number of benzene rings is 1. The molecule has 2 heterocycles. The fraction of sp³-hybridized carbons (Fsp3) is 0.0833. The SMILES string of the molecule is Brc1ccc(Cn2ncc3ccccc32)s1. The first-order chi connectivity index (χ1) is 7.83. The second-order valence-electron chi connectivity index (χ2n) is 3.57. The Morgan fingerprint density at radius 3 is 2.88 bits per heavy atom. The Bertz CT molecular complexity index is 627. The zero-order valence-electron chi connectivity index (χ0n) is 8.43. The Hall–Kier alpha value is -1.13. The lowest BCUT2D eigenvalue weighted by Gasteiger charge is -2.00. The summed E-state index contributed by atoms with van der Waals surface area (Å²) >= 11 is 5.23. The van der Waals surface area contributed by atoms with Crippen molar-refractivity contribution in [3.8, 4) is 0 Å². The number of rotatable bonds is 2. The van der Waals surface area contributed by atoms with Gasteiger partial charge in [0, 0.05) is 10.3 Å². The van der Waals surface area contributed by atoms with Gasteiger partial charge in [-0.15, -0.1) is 11.3 Å². The number of fused-ring (bicyclic) bond motifs is 1. The molecule has 0 aliphatic carbocycles. The molecule has 0 aliphatic rings. The Labute approximate surface area is 106 Å². The van der Waals surface area contributed by atoms with Gasteiger partial charge in [-0.3, -0.25) is 4.68 Å². The summed E-state index contributed by atoms with van der Waals surface area (Å²) in [5.41, 5.74) is 1.19. The molecule has 4 heteroatoms. The summed E-state index contributed by atoms with van der Waals surface area (Å²) in [6.07, 6.45) is 1.91. The Kier molecular flexibility index (Phi) is 2.53. The van der Waals surface area contributed by atoms with Crippen LogP contribution < -0.4 is 0 Å². The van der Waals surface area contributed by atoms with Crippen LogP contribution in [0.4, 0.5) is 0 Å². The molecule has 16 heavy (non-hydrogen) atoms. The number of nitrogens with zero attached hydrogens (tertiary/aromatic N) is 2. The molecule has 0 N–H and O–H groups in total. The molecule has 0 saturated carbocycles. The fourth-order valence-electron chi connectivity index (χ4n) is 1.74. The van der Waals surface area contributed by atoms with E-state index in [-0.39, 0.29) is 0 Å². The van der Waals surface area contributed by atoms with E-state index < -0.39 is 0 Å². The minimum absolute atomic E-state index is 0.837. The van der Waals surface area contributed by atoms with Gasteiger partial charge in [-0.05, 0) is 34.1 Å². The molecule has 0 spiro atoms. The monoisotopic (exact) mass is 292 g/mol. The minimum atomic E-state index is 0.837. The van der Waals surface area contributed by atoms with Gasteiger partial charge >= 0.3 is 0 Å². The van der Waals surface area contributed by atoms with Gasteiger partial charge in [-0.25, -0.2) is 0 Å². The zero-order chi connectivity index (χ0) is 11.0. The van der Waals surface area contributed by atoms with Crippen molar-refractivity contribution in [3.63, 3.8) is 0 Å². The van der Waals surface area contributed by atoms with E-state index >= 15 is 0 Å². The van der Waals surface area contributed by atoms with E-state index in [4.69, 9.17) is 0 Å². The molecule has 3 aromatic rings. The molecule has 3 rings (SSSR count). The van der Waals surface area contributed by atoms with Crippen LogP contribution in [0.25, 0.3) is 10.9 Å². The second kappa shape index (κ2) is 4.03. The average Bonchev–Trinajstić information content (AvgIpc) is 2.87. The van der Waals surface area contributed by atoms with Crippen molar-refractivity contribution in [2.24, 2.45) is 0 Å². The van der Waals surface area contributed by atoms with Crippen LogP contribution in [0.2, 0.25) is 0 Å². The van der Waals surface area contributed by atoms with Crippen molar-refractivity contribution < 1.29 is 0 Å². The third-order valence-electron chi connectivity index (χ3n) is 2.49. The quantitative estimate of drug-likeness (QED) is 0.700. The zero-order valence-corrected chi connectivity index (χ0v) is 10.8. The van der Waals surface area contributed by atoms with Crippen LogP contribution in [0.1, 0.15) is 4.88 Å². The maximum absolute atomic E-state index is 4.41. The second-order valence-corrected chi connectivity index (χ2v) is 6.11. The molecule has 1 aromatic carbocycles. The number of hydrogen-bond donors (Lipinski definition) is 0. The minimum Gasteiger partial charge on any atom is -0.260 e. The van der Waals surface area contributed by atoms with Gasteiger partial charge in [0.2, 0.25) is 0 Å². The van der Waals surface area contributed by atoms with Crippen molar-refractivity contribution in [2.75, 3.05) is 0 Å². The molecule has 0 bridgehead atoms. The molecule has 0 amide bonds. The Morgan fingerprint density at radius 1 is 1.19 bits per heavy atom. The standard InChI is InChI=1S/C12H9BrN2S/c13-12-6-5-10(16-12)8-15-11-4-2-1-3-9(11)7-14-15/h1-7H,8H2. The highest BCUT2D eigenvalue weighted by Gasteiger charge is 2.03. The summed E-state index contributed by atoms with van der Waals surface area (Å²) in [7, 11) is 0. The van der Waals surface area contributed by atoms with E-state index in [9.17, 15) is 0 Å². The van der Waals surface area contributed by atoms with Crippen molar-refractivity contribution >= 4 is 38.2 Å². The summed E-state index contributed by atoms with van der Waals surface area (Å²) in [5, 5.41) is 5.60. The van der Waals surface area contributed by atoms with Gasteiger partial charge in [0.05, 0.1) is 22.0 Å². The highest BCUT2D eigenvalue weighted by molar-refractivity contribution is 9.11. The van der Waals surface area contributed by atoms with E-state index in [1.807, 2.05) is 23.0 Å². The Morgan fingerprint density at radius 2 is 2.06 bits per heavy atom. The van der Waals surface area contributed by atoms with E-state index in [0.29, 0.717) is 0 Å². The fourth-order valence-corrected chi connectivity index (χ4v) is 3.20. The van der Waals surface area contributed by atoms with E-state index in [0.717, 1.165) is 6.54 Å². The molecule has 2 aromatic heterocycles. The topological polar surface area (TPSA) is 17.8 Å². The van der Waals surface area contributed by atoms with E-state index in [1.165, 1.54) is 19.6 Å². The maximum Gasteiger partial charge on any atom is 0.0759 e. The molecule has 0 saturated heterocycles. The van der Waals surface area contributed by atoms with Gasteiger partial charge in [-0.2, -0.15) is 5.10 Å². The summed E-state index contributed by atoms with van der Waals surface area (Å²) < 4.78 is 3.20. The highest BCUT2D eigenvalue weighted by atomic mass is 79.9. The van der Waals surface area contributed by atoms with Gasteiger partial charge in [0.25, 0.3) is 0 Å². The van der Waals surface area contributed by atoms with Crippen molar-refractivity contribution in [1.29, 1.82) is 0 Å². The van der Waals surface area contributed by atoms with Crippen LogP contribution in [-0.2, 0) is 6.54 Å². The van der Waals surface area contributed by atoms with Crippen LogP contribution in [0, 0.1) is 0 Å². The molecule has 0 radical (unpaired) electrons. The third kappa shape index (κ3) is 1.79.